The average molecular weight is 491 g/mol. The number of alkyl halides is 1. The number of H-pyrrole nitrogens is 1. The number of hydrogen-bond acceptors (Lipinski definition) is 6. The van der Waals surface area contributed by atoms with Crippen molar-refractivity contribution in [2.45, 2.75) is 24.9 Å². The highest BCUT2D eigenvalue weighted by Crippen LogP contribution is 2.43. The summed E-state index contributed by atoms with van der Waals surface area (Å²) < 4.78 is 39.6. The molecule has 2 aliphatic rings. The van der Waals surface area contributed by atoms with E-state index in [1.807, 2.05) is 6.07 Å². The highest BCUT2D eigenvalue weighted by Gasteiger charge is 2.34. The second-order valence-electron chi connectivity index (χ2n) is 8.86. The molecular formula is C26H23F2N5O3. The van der Waals surface area contributed by atoms with Crippen LogP contribution in [0.3, 0.4) is 0 Å². The predicted octanol–water partition coefficient (Wildman–Crippen LogP) is 4.85. The lowest BCUT2D eigenvalue weighted by atomic mass is 9.97. The Labute approximate surface area is 205 Å². The standard InChI is InChI=1S/C26H23F2N5O3/c1-35-25-16(28)3-2-4-18(25)31-24-20-21(13(11-27)12-30-26(20)34)33-23(24)15-9-10-29-17-7-8-19(32-22(15)17)36-14-5-6-14/h2-4,7-10,13-14,31,33H,5-6,11-12H2,1H3,(H,30,34)/t13-/m1/s1. The molecule has 1 atom stereocenters. The topological polar surface area (TPSA) is 101 Å². The lowest BCUT2D eigenvalue weighted by Crippen LogP contribution is -2.35. The Hall–Kier alpha value is -4.21. The van der Waals surface area contributed by atoms with Crippen LogP contribution in [0.2, 0.25) is 0 Å². The van der Waals surface area contributed by atoms with Gasteiger partial charge in [0, 0.05) is 36.0 Å². The van der Waals surface area contributed by atoms with E-state index in [2.05, 4.69) is 20.6 Å². The highest BCUT2D eigenvalue weighted by molar-refractivity contribution is 6.08. The highest BCUT2D eigenvalue weighted by atomic mass is 19.1. The van der Waals surface area contributed by atoms with E-state index in [0.29, 0.717) is 45.2 Å². The Kier molecular flexibility index (Phi) is 5.43. The van der Waals surface area contributed by atoms with E-state index in [9.17, 15) is 13.6 Å². The number of pyridine rings is 2. The fourth-order valence-corrected chi connectivity index (χ4v) is 4.51. The van der Waals surface area contributed by atoms with Gasteiger partial charge in [0.15, 0.2) is 11.6 Å². The number of hydrogen-bond donors (Lipinski definition) is 3. The van der Waals surface area contributed by atoms with E-state index in [-0.39, 0.29) is 29.9 Å². The van der Waals surface area contributed by atoms with E-state index in [0.717, 1.165) is 12.8 Å². The van der Waals surface area contributed by atoms with Gasteiger partial charge in [-0.1, -0.05) is 6.07 Å². The minimum absolute atomic E-state index is 0.00510. The SMILES string of the molecule is COc1c(F)cccc1Nc1c(-c2ccnc3ccc(OC4CC4)nc23)[nH]c2c1C(=O)NC[C@H]2CF. The number of ether oxygens (including phenoxy) is 2. The summed E-state index contributed by atoms with van der Waals surface area (Å²) in [6, 6.07) is 9.83. The summed E-state index contributed by atoms with van der Waals surface area (Å²) in [4.78, 5) is 25.4. The van der Waals surface area contributed by atoms with Crippen LogP contribution in [0.15, 0.2) is 42.6 Å². The van der Waals surface area contributed by atoms with Crippen LogP contribution in [0.4, 0.5) is 20.2 Å². The first kappa shape index (κ1) is 22.3. The Bertz CT molecular complexity index is 1480. The molecule has 0 bridgehead atoms. The molecule has 36 heavy (non-hydrogen) atoms. The third kappa shape index (κ3) is 3.78. The molecule has 0 saturated heterocycles. The second kappa shape index (κ2) is 8.78. The van der Waals surface area contributed by atoms with Crippen molar-refractivity contribution in [2.24, 2.45) is 0 Å². The largest absolute Gasteiger partial charge is 0.492 e. The van der Waals surface area contributed by atoms with Crippen LogP contribution in [0, 0.1) is 5.82 Å². The number of nitrogens with zero attached hydrogens (tertiary/aromatic N) is 2. The Morgan fingerprint density at radius 2 is 2.06 bits per heavy atom. The minimum Gasteiger partial charge on any atom is -0.492 e. The molecule has 1 aliphatic carbocycles. The van der Waals surface area contributed by atoms with Crippen molar-refractivity contribution in [3.05, 3.63) is 59.7 Å². The smallest absolute Gasteiger partial charge is 0.255 e. The number of benzene rings is 1. The first-order valence-electron chi connectivity index (χ1n) is 11.7. The van der Waals surface area contributed by atoms with Crippen LogP contribution in [0.1, 0.15) is 34.8 Å². The first-order valence-corrected chi connectivity index (χ1v) is 11.7. The molecule has 1 aromatic carbocycles. The Balaban J connectivity index is 1.57. The van der Waals surface area contributed by atoms with Crippen molar-refractivity contribution >= 4 is 28.3 Å². The molecule has 184 valence electrons. The molecule has 1 aliphatic heterocycles. The van der Waals surface area contributed by atoms with Crippen LogP contribution in [-0.2, 0) is 0 Å². The van der Waals surface area contributed by atoms with Gasteiger partial charge in [-0.25, -0.2) is 9.37 Å². The number of para-hydroxylation sites is 1. The van der Waals surface area contributed by atoms with Gasteiger partial charge in [0.2, 0.25) is 5.88 Å². The number of aromatic nitrogens is 3. The van der Waals surface area contributed by atoms with Crippen LogP contribution in [0.25, 0.3) is 22.3 Å². The van der Waals surface area contributed by atoms with Gasteiger partial charge in [-0.3, -0.25) is 14.2 Å². The fourth-order valence-electron chi connectivity index (χ4n) is 4.51. The molecular weight excluding hydrogens is 468 g/mol. The number of carbonyl (C=O) groups excluding carboxylic acids is 1. The number of nitrogens with one attached hydrogen (secondary N) is 3. The molecule has 3 aromatic heterocycles. The van der Waals surface area contributed by atoms with Gasteiger partial charge < -0.3 is 25.1 Å². The zero-order valence-corrected chi connectivity index (χ0v) is 19.4. The number of halogens is 2. The summed E-state index contributed by atoms with van der Waals surface area (Å²) in [7, 11) is 1.37. The zero-order valence-electron chi connectivity index (χ0n) is 19.4. The van der Waals surface area contributed by atoms with Crippen LogP contribution in [-0.4, -0.2) is 47.3 Å². The predicted molar refractivity (Wildman–Crippen MR) is 130 cm³/mol. The summed E-state index contributed by atoms with van der Waals surface area (Å²) >= 11 is 0. The minimum atomic E-state index is -0.662. The van der Waals surface area contributed by atoms with Gasteiger partial charge in [0.25, 0.3) is 5.91 Å². The van der Waals surface area contributed by atoms with E-state index in [1.165, 1.54) is 19.2 Å². The maximum absolute atomic E-state index is 14.5. The summed E-state index contributed by atoms with van der Waals surface area (Å²) in [5.74, 6) is -1.00. The fraction of sp³-hybridized carbons (Fsp3) is 0.269. The number of carbonyl (C=O) groups is 1. The van der Waals surface area contributed by atoms with Crippen LogP contribution in [0.5, 0.6) is 11.6 Å². The van der Waals surface area contributed by atoms with Crippen molar-refractivity contribution in [1.29, 1.82) is 0 Å². The van der Waals surface area contributed by atoms with E-state index < -0.39 is 18.4 Å². The molecule has 0 spiro atoms. The molecule has 1 amide bonds. The molecule has 1 fully saturated rings. The Morgan fingerprint density at radius 1 is 1.19 bits per heavy atom. The second-order valence-corrected chi connectivity index (χ2v) is 8.86. The number of methoxy groups -OCH3 is 1. The molecule has 6 rings (SSSR count). The van der Waals surface area contributed by atoms with Crippen molar-refractivity contribution in [3.8, 4) is 22.9 Å². The number of fused-ring (bicyclic) bond motifs is 2. The van der Waals surface area contributed by atoms with Crippen LogP contribution >= 0.6 is 0 Å². The maximum atomic E-state index is 14.5. The van der Waals surface area contributed by atoms with E-state index in [1.54, 1.807) is 24.4 Å². The van der Waals surface area contributed by atoms with Crippen molar-refractivity contribution in [1.82, 2.24) is 20.3 Å². The third-order valence-corrected chi connectivity index (χ3v) is 6.43. The average Bonchev–Trinajstić information content (AvgIpc) is 3.62. The third-order valence-electron chi connectivity index (χ3n) is 6.43. The molecule has 4 aromatic rings. The van der Waals surface area contributed by atoms with E-state index in [4.69, 9.17) is 14.5 Å². The van der Waals surface area contributed by atoms with Crippen LogP contribution < -0.4 is 20.1 Å². The van der Waals surface area contributed by atoms with Gasteiger partial charge in [-0.15, -0.1) is 0 Å². The number of anilines is 2. The lowest BCUT2D eigenvalue weighted by molar-refractivity contribution is 0.0938. The normalized spacial score (nSPS) is 17.0. The number of rotatable bonds is 7. The van der Waals surface area contributed by atoms with Gasteiger partial charge in [0.05, 0.1) is 41.9 Å². The van der Waals surface area contributed by atoms with Gasteiger partial charge in [0.1, 0.15) is 11.6 Å². The summed E-state index contributed by atoms with van der Waals surface area (Å²) in [5.41, 5.74) is 3.74. The molecule has 1 saturated carbocycles. The summed E-state index contributed by atoms with van der Waals surface area (Å²) in [6.07, 6.45) is 3.79. The molecule has 8 nitrogen and oxygen atoms in total. The zero-order chi connectivity index (χ0) is 24.8. The van der Waals surface area contributed by atoms with Crippen molar-refractivity contribution in [3.63, 3.8) is 0 Å². The van der Waals surface area contributed by atoms with Crippen molar-refractivity contribution < 1.29 is 23.0 Å². The number of aromatic amines is 1. The van der Waals surface area contributed by atoms with Gasteiger partial charge in [-0.2, -0.15) is 0 Å². The Morgan fingerprint density at radius 3 is 2.83 bits per heavy atom. The molecule has 3 N–H and O–H groups in total. The van der Waals surface area contributed by atoms with Gasteiger partial charge in [-0.05, 0) is 37.1 Å². The molecule has 0 unspecified atom stereocenters. The maximum Gasteiger partial charge on any atom is 0.255 e. The van der Waals surface area contributed by atoms with Crippen molar-refractivity contribution in [2.75, 3.05) is 25.6 Å². The molecule has 10 heteroatoms. The monoisotopic (exact) mass is 491 g/mol. The molecule has 0 radical (unpaired) electrons. The quantitative estimate of drug-likeness (QED) is 0.342. The van der Waals surface area contributed by atoms with Gasteiger partial charge >= 0.3 is 0 Å². The lowest BCUT2D eigenvalue weighted by Gasteiger charge is -2.21. The van der Waals surface area contributed by atoms with E-state index >= 15 is 0 Å². The summed E-state index contributed by atoms with van der Waals surface area (Å²) in [5, 5.41) is 5.93. The summed E-state index contributed by atoms with van der Waals surface area (Å²) in [6.45, 7) is -0.496. The number of amides is 1. The first-order chi connectivity index (χ1) is 17.6. The molecule has 4 heterocycles.